The molecule has 0 saturated carbocycles. The first-order valence-electron chi connectivity index (χ1n) is 7.27. The molecule has 1 saturated heterocycles. The number of hydrogen-bond acceptors (Lipinski definition) is 4. The molecule has 3 rings (SSSR count). The van der Waals surface area contributed by atoms with E-state index in [9.17, 15) is 9.59 Å². The zero-order chi connectivity index (χ0) is 14.8. The lowest BCUT2D eigenvalue weighted by Gasteiger charge is -2.27. The Kier molecular flexibility index (Phi) is 3.79. The highest BCUT2D eigenvalue weighted by Crippen LogP contribution is 2.28. The third kappa shape index (κ3) is 3.00. The van der Waals surface area contributed by atoms with E-state index in [1.165, 1.54) is 0 Å². The number of nitrogens with zero attached hydrogens (tertiary/aromatic N) is 1. The van der Waals surface area contributed by atoms with Crippen LogP contribution in [-0.2, 0) is 4.79 Å². The molecule has 1 aromatic rings. The Morgan fingerprint density at radius 2 is 2.24 bits per heavy atom. The van der Waals surface area contributed by atoms with Gasteiger partial charge in [0.05, 0.1) is 11.4 Å². The lowest BCUT2D eigenvalue weighted by molar-refractivity contribution is -0.115. The van der Waals surface area contributed by atoms with Gasteiger partial charge in [0.25, 0.3) is 5.91 Å². The molecule has 21 heavy (non-hydrogen) atoms. The van der Waals surface area contributed by atoms with Gasteiger partial charge in [0.2, 0.25) is 5.91 Å². The fourth-order valence-electron chi connectivity index (χ4n) is 2.54. The number of fused-ring (bicyclic) bond motifs is 1. The van der Waals surface area contributed by atoms with Gasteiger partial charge in [-0.25, -0.2) is 0 Å². The first-order chi connectivity index (χ1) is 10.1. The molecule has 0 bridgehead atoms. The maximum Gasteiger partial charge on any atom is 0.251 e. The second-order valence-electron chi connectivity index (χ2n) is 5.69. The van der Waals surface area contributed by atoms with Crippen LogP contribution < -0.4 is 20.9 Å². The van der Waals surface area contributed by atoms with E-state index in [1.54, 1.807) is 12.1 Å². The van der Waals surface area contributed by atoms with Crippen LogP contribution in [0.15, 0.2) is 18.2 Å². The Morgan fingerprint density at radius 1 is 1.43 bits per heavy atom. The fraction of sp³-hybridized carbons (Fsp3) is 0.467. The number of carbonyl (C=O) groups is 2. The second kappa shape index (κ2) is 5.73. The number of nitrogens with one attached hydrogen (secondary N) is 3. The average molecular weight is 288 g/mol. The quantitative estimate of drug-likeness (QED) is 0.753. The molecule has 2 aliphatic rings. The Balaban J connectivity index is 1.74. The van der Waals surface area contributed by atoms with Gasteiger partial charge in [0.15, 0.2) is 0 Å². The number of benzene rings is 1. The molecular formula is C15H20N4O2. The largest absolute Gasteiger partial charge is 0.372 e. The van der Waals surface area contributed by atoms with Gasteiger partial charge in [-0.05, 0) is 18.2 Å². The SMILES string of the molecule is CN1CCC(=O)Nc2cc(C(=O)NCC3CNC3)ccc21. The normalized spacial score (nSPS) is 18.3. The van der Waals surface area contributed by atoms with E-state index in [2.05, 4.69) is 16.0 Å². The zero-order valence-corrected chi connectivity index (χ0v) is 12.1. The van der Waals surface area contributed by atoms with Crippen molar-refractivity contribution in [1.29, 1.82) is 0 Å². The first kappa shape index (κ1) is 13.9. The summed E-state index contributed by atoms with van der Waals surface area (Å²) in [6.45, 7) is 3.30. The summed E-state index contributed by atoms with van der Waals surface area (Å²) in [7, 11) is 1.95. The summed E-state index contributed by atoms with van der Waals surface area (Å²) < 4.78 is 0. The Bertz CT molecular complexity index is 569. The summed E-state index contributed by atoms with van der Waals surface area (Å²) in [5.41, 5.74) is 2.23. The molecule has 6 nitrogen and oxygen atoms in total. The molecule has 1 fully saturated rings. The minimum atomic E-state index is -0.0918. The van der Waals surface area contributed by atoms with Gasteiger partial charge in [0.1, 0.15) is 0 Å². The molecule has 2 heterocycles. The average Bonchev–Trinajstić information content (AvgIpc) is 2.56. The summed E-state index contributed by atoms with van der Waals surface area (Å²) >= 11 is 0. The predicted octanol–water partition coefficient (Wildman–Crippen LogP) is 0.414. The Hall–Kier alpha value is -2.08. The molecule has 1 aromatic carbocycles. The number of amides is 2. The molecular weight excluding hydrogens is 268 g/mol. The summed E-state index contributed by atoms with van der Waals surface area (Å²) in [4.78, 5) is 25.9. The van der Waals surface area contributed by atoms with Crippen LogP contribution in [0.5, 0.6) is 0 Å². The van der Waals surface area contributed by atoms with Crippen LogP contribution in [0.1, 0.15) is 16.8 Å². The van der Waals surface area contributed by atoms with E-state index >= 15 is 0 Å². The van der Waals surface area contributed by atoms with Crippen molar-refractivity contribution >= 4 is 23.2 Å². The number of anilines is 2. The van der Waals surface area contributed by atoms with Gasteiger partial charge in [0, 0.05) is 51.1 Å². The molecule has 0 spiro atoms. The van der Waals surface area contributed by atoms with E-state index in [0.717, 1.165) is 18.8 Å². The van der Waals surface area contributed by atoms with Gasteiger partial charge in [-0.2, -0.15) is 0 Å². The van der Waals surface area contributed by atoms with E-state index in [4.69, 9.17) is 0 Å². The summed E-state index contributed by atoms with van der Waals surface area (Å²) in [6.07, 6.45) is 0.460. The van der Waals surface area contributed by atoms with Crippen molar-refractivity contribution in [2.45, 2.75) is 6.42 Å². The number of carbonyl (C=O) groups excluding carboxylic acids is 2. The fourth-order valence-corrected chi connectivity index (χ4v) is 2.54. The van der Waals surface area contributed by atoms with Crippen LogP contribution in [-0.4, -0.2) is 45.0 Å². The number of hydrogen-bond donors (Lipinski definition) is 3. The van der Waals surface area contributed by atoms with Crippen molar-refractivity contribution in [3.05, 3.63) is 23.8 Å². The maximum atomic E-state index is 12.2. The van der Waals surface area contributed by atoms with Gasteiger partial charge in [-0.15, -0.1) is 0 Å². The Morgan fingerprint density at radius 3 is 2.95 bits per heavy atom. The van der Waals surface area contributed by atoms with Crippen LogP contribution in [0.3, 0.4) is 0 Å². The van der Waals surface area contributed by atoms with Crippen LogP contribution in [0.4, 0.5) is 11.4 Å². The zero-order valence-electron chi connectivity index (χ0n) is 12.1. The molecule has 0 radical (unpaired) electrons. The van der Waals surface area contributed by atoms with Gasteiger partial charge in [-0.1, -0.05) is 0 Å². The van der Waals surface area contributed by atoms with Crippen LogP contribution in [0.2, 0.25) is 0 Å². The molecule has 112 valence electrons. The lowest BCUT2D eigenvalue weighted by atomic mass is 10.0. The molecule has 2 amide bonds. The van der Waals surface area contributed by atoms with Crippen molar-refractivity contribution in [1.82, 2.24) is 10.6 Å². The van der Waals surface area contributed by atoms with Crippen LogP contribution in [0.25, 0.3) is 0 Å². The van der Waals surface area contributed by atoms with E-state index < -0.39 is 0 Å². The highest BCUT2D eigenvalue weighted by Gasteiger charge is 2.20. The van der Waals surface area contributed by atoms with Crippen molar-refractivity contribution < 1.29 is 9.59 Å². The molecule has 0 aromatic heterocycles. The standard InChI is InChI=1S/C15H20N4O2/c1-19-5-4-14(20)18-12-6-11(2-3-13(12)19)15(21)17-9-10-7-16-8-10/h2-3,6,10,16H,4-5,7-9H2,1H3,(H,17,21)(H,18,20). The topological polar surface area (TPSA) is 73.5 Å². The highest BCUT2D eigenvalue weighted by molar-refractivity contribution is 6.00. The molecule has 6 heteroatoms. The first-order valence-corrected chi connectivity index (χ1v) is 7.27. The third-order valence-electron chi connectivity index (χ3n) is 4.04. The van der Waals surface area contributed by atoms with Crippen molar-refractivity contribution in [2.24, 2.45) is 5.92 Å². The predicted molar refractivity (Wildman–Crippen MR) is 81.7 cm³/mol. The molecule has 0 aliphatic carbocycles. The molecule has 2 aliphatic heterocycles. The summed E-state index contributed by atoms with van der Waals surface area (Å²) in [5.74, 6) is 0.421. The Labute approximate surface area is 123 Å². The molecule has 0 atom stereocenters. The minimum Gasteiger partial charge on any atom is -0.372 e. The molecule has 3 N–H and O–H groups in total. The summed E-state index contributed by atoms with van der Waals surface area (Å²) in [6, 6.07) is 5.45. The molecule has 0 unspecified atom stereocenters. The summed E-state index contributed by atoms with van der Waals surface area (Å²) in [5, 5.41) is 8.98. The lowest BCUT2D eigenvalue weighted by Crippen LogP contribution is -2.48. The van der Waals surface area contributed by atoms with Crippen molar-refractivity contribution in [3.63, 3.8) is 0 Å². The monoisotopic (exact) mass is 288 g/mol. The second-order valence-corrected chi connectivity index (χ2v) is 5.69. The number of rotatable bonds is 3. The van der Waals surface area contributed by atoms with E-state index in [1.807, 2.05) is 18.0 Å². The maximum absolute atomic E-state index is 12.2. The van der Waals surface area contributed by atoms with Gasteiger partial charge < -0.3 is 20.9 Å². The van der Waals surface area contributed by atoms with E-state index in [0.29, 0.717) is 36.7 Å². The highest BCUT2D eigenvalue weighted by atomic mass is 16.2. The minimum absolute atomic E-state index is 0.0151. The van der Waals surface area contributed by atoms with Gasteiger partial charge in [-0.3, -0.25) is 9.59 Å². The van der Waals surface area contributed by atoms with Crippen LogP contribution in [0, 0.1) is 5.92 Å². The smallest absolute Gasteiger partial charge is 0.251 e. The van der Waals surface area contributed by atoms with Crippen LogP contribution >= 0.6 is 0 Å². The van der Waals surface area contributed by atoms with Crippen molar-refractivity contribution in [2.75, 3.05) is 43.4 Å². The third-order valence-corrected chi connectivity index (χ3v) is 4.04. The van der Waals surface area contributed by atoms with Gasteiger partial charge >= 0.3 is 0 Å². The van der Waals surface area contributed by atoms with E-state index in [-0.39, 0.29) is 11.8 Å². The van der Waals surface area contributed by atoms with Crippen molar-refractivity contribution in [3.8, 4) is 0 Å².